The van der Waals surface area contributed by atoms with E-state index in [4.69, 9.17) is 14.2 Å². The van der Waals surface area contributed by atoms with Crippen LogP contribution in [0, 0.1) is 11.6 Å². The lowest BCUT2D eigenvalue weighted by molar-refractivity contribution is 0.170. The van der Waals surface area contributed by atoms with Gasteiger partial charge in [-0.3, -0.25) is 9.89 Å². The van der Waals surface area contributed by atoms with Crippen molar-refractivity contribution >= 4 is 5.96 Å². The highest BCUT2D eigenvalue weighted by Gasteiger charge is 2.23. The Labute approximate surface area is 187 Å². The molecule has 3 rings (SSSR count). The van der Waals surface area contributed by atoms with Gasteiger partial charge in [-0.15, -0.1) is 0 Å². The molecule has 1 N–H and O–H groups in total. The van der Waals surface area contributed by atoms with E-state index in [1.807, 2.05) is 12.1 Å². The van der Waals surface area contributed by atoms with Gasteiger partial charge in [0.25, 0.3) is 0 Å². The van der Waals surface area contributed by atoms with E-state index in [1.54, 1.807) is 28.4 Å². The van der Waals surface area contributed by atoms with Crippen LogP contribution in [0.5, 0.6) is 17.2 Å². The van der Waals surface area contributed by atoms with E-state index in [2.05, 4.69) is 20.1 Å². The molecule has 2 aromatic rings. The summed E-state index contributed by atoms with van der Waals surface area (Å²) in [6, 6.07) is 7.31. The first-order valence-electron chi connectivity index (χ1n) is 10.4. The van der Waals surface area contributed by atoms with Crippen LogP contribution in [0.2, 0.25) is 0 Å². The molecule has 1 fully saturated rings. The fourth-order valence-electron chi connectivity index (χ4n) is 3.83. The molecule has 1 aliphatic heterocycles. The van der Waals surface area contributed by atoms with E-state index in [0.29, 0.717) is 29.8 Å². The number of nitrogens with zero attached hydrogens (tertiary/aromatic N) is 3. The summed E-state index contributed by atoms with van der Waals surface area (Å²) in [5, 5.41) is 3.13. The molecule has 32 heavy (non-hydrogen) atoms. The quantitative estimate of drug-likeness (QED) is 0.519. The zero-order chi connectivity index (χ0) is 23.1. The van der Waals surface area contributed by atoms with E-state index < -0.39 is 11.6 Å². The lowest BCUT2D eigenvalue weighted by Gasteiger charge is -2.36. The molecule has 0 atom stereocenters. The summed E-state index contributed by atoms with van der Waals surface area (Å²) in [5.41, 5.74) is 1.29. The molecule has 0 amide bonds. The third-order valence-corrected chi connectivity index (χ3v) is 5.51. The molecular formula is C23H30F2N4O3. The standard InChI is InChI=1S/C23H30F2N4O3/c1-26-23(27-14-17-13-18(24)6-7-19(17)25)29-11-9-28(10-12-29)15-16-5-8-20(30-2)22(32-4)21(16)31-3/h5-8,13H,9-12,14-15H2,1-4H3,(H,26,27). The van der Waals surface area contributed by atoms with Crippen molar-refractivity contribution in [1.82, 2.24) is 15.1 Å². The predicted octanol–water partition coefficient (Wildman–Crippen LogP) is 2.88. The monoisotopic (exact) mass is 448 g/mol. The smallest absolute Gasteiger partial charge is 0.203 e. The number of methoxy groups -OCH3 is 3. The molecule has 0 saturated carbocycles. The lowest BCUT2D eigenvalue weighted by Crippen LogP contribution is -2.52. The predicted molar refractivity (Wildman–Crippen MR) is 120 cm³/mol. The van der Waals surface area contributed by atoms with Crippen molar-refractivity contribution in [1.29, 1.82) is 0 Å². The average Bonchev–Trinajstić information content (AvgIpc) is 2.82. The number of guanidine groups is 1. The van der Waals surface area contributed by atoms with Crippen molar-refractivity contribution in [3.63, 3.8) is 0 Å². The highest BCUT2D eigenvalue weighted by molar-refractivity contribution is 5.80. The Balaban J connectivity index is 1.59. The van der Waals surface area contributed by atoms with Gasteiger partial charge in [-0.1, -0.05) is 6.07 Å². The third kappa shape index (κ3) is 5.40. The van der Waals surface area contributed by atoms with Gasteiger partial charge >= 0.3 is 0 Å². The van der Waals surface area contributed by atoms with Gasteiger partial charge < -0.3 is 24.4 Å². The fraction of sp³-hybridized carbons (Fsp3) is 0.435. The molecule has 1 saturated heterocycles. The summed E-state index contributed by atoms with van der Waals surface area (Å²) < 4.78 is 43.7. The zero-order valence-electron chi connectivity index (χ0n) is 19.0. The number of rotatable bonds is 7. The molecule has 7 nitrogen and oxygen atoms in total. The van der Waals surface area contributed by atoms with Crippen molar-refractivity contribution in [2.24, 2.45) is 4.99 Å². The molecule has 0 bridgehead atoms. The van der Waals surface area contributed by atoms with Crippen molar-refractivity contribution < 1.29 is 23.0 Å². The molecule has 174 valence electrons. The number of hydrogen-bond donors (Lipinski definition) is 1. The average molecular weight is 449 g/mol. The number of halogens is 2. The van der Waals surface area contributed by atoms with E-state index in [-0.39, 0.29) is 12.1 Å². The third-order valence-electron chi connectivity index (χ3n) is 5.51. The number of piperazine rings is 1. The largest absolute Gasteiger partial charge is 0.493 e. The van der Waals surface area contributed by atoms with Crippen LogP contribution in [0.15, 0.2) is 35.3 Å². The lowest BCUT2D eigenvalue weighted by atomic mass is 10.1. The van der Waals surface area contributed by atoms with Crippen LogP contribution in [-0.2, 0) is 13.1 Å². The van der Waals surface area contributed by atoms with Gasteiger partial charge in [0.15, 0.2) is 17.5 Å². The number of aliphatic imine (C=N–C) groups is 1. The van der Waals surface area contributed by atoms with Gasteiger partial charge in [0.05, 0.1) is 21.3 Å². The van der Waals surface area contributed by atoms with Gasteiger partial charge in [0.1, 0.15) is 11.6 Å². The van der Waals surface area contributed by atoms with Gasteiger partial charge in [0, 0.05) is 57.4 Å². The van der Waals surface area contributed by atoms with E-state index in [0.717, 1.165) is 43.9 Å². The van der Waals surface area contributed by atoms with Crippen LogP contribution in [0.3, 0.4) is 0 Å². The Morgan fingerprint density at radius 1 is 0.938 bits per heavy atom. The second-order valence-corrected chi connectivity index (χ2v) is 7.39. The first kappa shape index (κ1) is 23.6. The van der Waals surface area contributed by atoms with Crippen LogP contribution in [0.25, 0.3) is 0 Å². The fourth-order valence-corrected chi connectivity index (χ4v) is 3.83. The molecule has 0 spiro atoms. The summed E-state index contributed by atoms with van der Waals surface area (Å²) in [5.74, 6) is 1.64. The van der Waals surface area contributed by atoms with Crippen molar-refractivity contribution in [3.05, 3.63) is 53.1 Å². The maximum atomic E-state index is 13.9. The van der Waals surface area contributed by atoms with Crippen LogP contribution in [0.4, 0.5) is 8.78 Å². The van der Waals surface area contributed by atoms with Gasteiger partial charge in [-0.2, -0.15) is 0 Å². The number of nitrogens with one attached hydrogen (secondary N) is 1. The molecule has 0 aromatic heterocycles. The molecule has 9 heteroatoms. The summed E-state index contributed by atoms with van der Waals surface area (Å²) in [7, 11) is 6.50. The molecule has 0 radical (unpaired) electrons. The second-order valence-electron chi connectivity index (χ2n) is 7.39. The Hall–Kier alpha value is -3.07. The summed E-state index contributed by atoms with van der Waals surface area (Å²) >= 11 is 0. The van der Waals surface area contributed by atoms with Gasteiger partial charge in [0.2, 0.25) is 5.75 Å². The van der Waals surface area contributed by atoms with Crippen LogP contribution < -0.4 is 19.5 Å². The maximum absolute atomic E-state index is 13.9. The zero-order valence-corrected chi connectivity index (χ0v) is 19.0. The van der Waals surface area contributed by atoms with E-state index in [1.165, 1.54) is 6.07 Å². The van der Waals surface area contributed by atoms with Crippen LogP contribution in [-0.4, -0.2) is 70.3 Å². The minimum Gasteiger partial charge on any atom is -0.493 e. The minimum absolute atomic E-state index is 0.166. The summed E-state index contributed by atoms with van der Waals surface area (Å²) in [6.07, 6.45) is 0. The van der Waals surface area contributed by atoms with Crippen LogP contribution >= 0.6 is 0 Å². The Morgan fingerprint density at radius 3 is 2.28 bits per heavy atom. The highest BCUT2D eigenvalue weighted by Crippen LogP contribution is 2.40. The molecule has 1 heterocycles. The number of benzene rings is 2. The number of hydrogen-bond acceptors (Lipinski definition) is 5. The normalized spacial score (nSPS) is 14.9. The minimum atomic E-state index is -0.461. The van der Waals surface area contributed by atoms with E-state index in [9.17, 15) is 8.78 Å². The molecule has 0 aliphatic carbocycles. The van der Waals surface area contributed by atoms with Crippen molar-refractivity contribution in [2.45, 2.75) is 13.1 Å². The molecule has 2 aromatic carbocycles. The summed E-state index contributed by atoms with van der Waals surface area (Å²) in [6.45, 7) is 4.00. The maximum Gasteiger partial charge on any atom is 0.203 e. The van der Waals surface area contributed by atoms with E-state index >= 15 is 0 Å². The van der Waals surface area contributed by atoms with Gasteiger partial charge in [-0.25, -0.2) is 8.78 Å². The molecular weight excluding hydrogens is 418 g/mol. The summed E-state index contributed by atoms with van der Waals surface area (Å²) in [4.78, 5) is 8.73. The first-order chi connectivity index (χ1) is 15.5. The Bertz CT molecular complexity index is 947. The Morgan fingerprint density at radius 2 is 1.66 bits per heavy atom. The SMILES string of the molecule is CN=C(NCc1cc(F)ccc1F)N1CCN(Cc2ccc(OC)c(OC)c2OC)CC1. The van der Waals surface area contributed by atoms with Crippen molar-refractivity contribution in [3.8, 4) is 17.2 Å². The van der Waals surface area contributed by atoms with Crippen LogP contribution in [0.1, 0.15) is 11.1 Å². The Kier molecular flexibility index (Phi) is 8.10. The highest BCUT2D eigenvalue weighted by atomic mass is 19.1. The second kappa shape index (κ2) is 11.0. The topological polar surface area (TPSA) is 58.6 Å². The first-order valence-corrected chi connectivity index (χ1v) is 10.4. The number of ether oxygens (including phenoxy) is 3. The van der Waals surface area contributed by atoms with Gasteiger partial charge in [-0.05, 0) is 24.3 Å². The van der Waals surface area contributed by atoms with Crippen molar-refractivity contribution in [2.75, 3.05) is 54.6 Å². The molecule has 0 unspecified atom stereocenters. The molecule has 1 aliphatic rings.